The Morgan fingerprint density at radius 3 is 2.42 bits per heavy atom. The summed E-state index contributed by atoms with van der Waals surface area (Å²) >= 11 is 12.9. The van der Waals surface area contributed by atoms with E-state index in [0.29, 0.717) is 11.1 Å². The molecule has 14 heteroatoms. The number of aromatic nitrogens is 5. The van der Waals surface area contributed by atoms with Crippen LogP contribution in [0.5, 0.6) is 11.6 Å². The molecule has 36 heavy (non-hydrogen) atoms. The number of amides is 1. The lowest BCUT2D eigenvalue weighted by Crippen LogP contribution is -2.36. The van der Waals surface area contributed by atoms with Crippen molar-refractivity contribution in [2.24, 2.45) is 0 Å². The second-order valence-electron chi connectivity index (χ2n) is 9.04. The maximum atomic E-state index is 12.5. The number of benzene rings is 1. The molecule has 3 rings (SSSR count). The molecule has 0 spiro atoms. The van der Waals surface area contributed by atoms with Gasteiger partial charge in [-0.25, -0.2) is 14.7 Å². The van der Waals surface area contributed by atoms with Crippen LogP contribution in [0.25, 0.3) is 5.69 Å². The number of H-pyrrole nitrogens is 2. The molecule has 0 aliphatic carbocycles. The van der Waals surface area contributed by atoms with E-state index in [1.54, 1.807) is 27.7 Å². The van der Waals surface area contributed by atoms with E-state index in [-0.39, 0.29) is 38.8 Å². The number of hydrogen-bond acceptors (Lipinski definition) is 8. The summed E-state index contributed by atoms with van der Waals surface area (Å²) in [6, 6.07) is 2.82. The van der Waals surface area contributed by atoms with Gasteiger partial charge in [-0.05, 0) is 45.2 Å². The highest BCUT2D eigenvalue weighted by Crippen LogP contribution is 2.40. The molecule has 0 atom stereocenters. The Hall–Kier alpha value is -3.64. The number of nitrogens with zero attached hydrogens (tertiary/aromatic N) is 3. The predicted octanol–water partition coefficient (Wildman–Crippen LogP) is 3.88. The second-order valence-corrected chi connectivity index (χ2v) is 9.82. The van der Waals surface area contributed by atoms with Crippen molar-refractivity contribution in [1.29, 1.82) is 0 Å². The fourth-order valence-electron chi connectivity index (χ4n) is 3.03. The van der Waals surface area contributed by atoms with E-state index in [9.17, 15) is 19.2 Å². The van der Waals surface area contributed by atoms with E-state index in [1.807, 2.05) is 13.8 Å². The van der Waals surface area contributed by atoms with Crippen LogP contribution in [0.4, 0.5) is 10.6 Å². The summed E-state index contributed by atoms with van der Waals surface area (Å²) in [4.78, 5) is 50.8. The standard InChI is InChI=1S/C22H24Cl2N6O6/c1-9(2)11-7-14(27-28-18(11)31)35-16-12(23)8-13(10(3)15(16)24)30-20(33)26-19(32)17(29-30)25-21(34)36-22(4,5)6/h7-9H,1-6H3,(H,28,31)(H,25,29,34)(H,26,32,33). The minimum atomic E-state index is -0.934. The molecule has 0 bridgehead atoms. The van der Waals surface area contributed by atoms with Crippen LogP contribution in [0.15, 0.2) is 26.5 Å². The first-order valence-electron chi connectivity index (χ1n) is 10.7. The highest BCUT2D eigenvalue weighted by Gasteiger charge is 2.22. The molecule has 0 radical (unpaired) electrons. The molecule has 192 valence electrons. The number of anilines is 1. The molecular formula is C22H24Cl2N6O6. The first-order chi connectivity index (χ1) is 16.7. The van der Waals surface area contributed by atoms with E-state index in [4.69, 9.17) is 32.7 Å². The van der Waals surface area contributed by atoms with Crippen LogP contribution in [0.1, 0.15) is 51.7 Å². The first-order valence-corrected chi connectivity index (χ1v) is 11.4. The molecule has 12 nitrogen and oxygen atoms in total. The molecule has 0 aliphatic heterocycles. The van der Waals surface area contributed by atoms with Crippen molar-refractivity contribution in [3.63, 3.8) is 0 Å². The third-order valence-corrected chi connectivity index (χ3v) is 5.44. The Morgan fingerprint density at radius 1 is 1.14 bits per heavy atom. The highest BCUT2D eigenvalue weighted by molar-refractivity contribution is 6.38. The monoisotopic (exact) mass is 538 g/mol. The number of carbonyl (C=O) groups excluding carboxylic acids is 1. The van der Waals surface area contributed by atoms with Crippen LogP contribution < -0.4 is 26.9 Å². The Bertz CT molecular complexity index is 1500. The molecule has 3 N–H and O–H groups in total. The third-order valence-electron chi connectivity index (χ3n) is 4.71. The lowest BCUT2D eigenvalue weighted by atomic mass is 10.1. The summed E-state index contributed by atoms with van der Waals surface area (Å²) in [6.45, 7) is 10.2. The molecule has 0 fully saturated rings. The van der Waals surface area contributed by atoms with Gasteiger partial charge in [-0.15, -0.1) is 10.2 Å². The van der Waals surface area contributed by atoms with Crippen LogP contribution in [0.3, 0.4) is 0 Å². The molecule has 0 saturated carbocycles. The van der Waals surface area contributed by atoms with Crippen molar-refractivity contribution in [2.45, 2.75) is 53.1 Å². The lowest BCUT2D eigenvalue weighted by molar-refractivity contribution is 0.0634. The molecule has 0 unspecified atom stereocenters. The van der Waals surface area contributed by atoms with Gasteiger partial charge in [0.25, 0.3) is 11.1 Å². The number of hydrogen-bond donors (Lipinski definition) is 3. The van der Waals surface area contributed by atoms with E-state index < -0.39 is 28.8 Å². The number of rotatable bonds is 5. The maximum absolute atomic E-state index is 12.5. The molecule has 1 aromatic carbocycles. The van der Waals surface area contributed by atoms with Crippen molar-refractivity contribution in [2.75, 3.05) is 5.32 Å². The largest absolute Gasteiger partial charge is 0.444 e. The van der Waals surface area contributed by atoms with Gasteiger partial charge in [-0.2, -0.15) is 4.68 Å². The zero-order valence-corrected chi connectivity index (χ0v) is 21.8. The van der Waals surface area contributed by atoms with E-state index in [0.717, 1.165) is 4.68 Å². The van der Waals surface area contributed by atoms with Gasteiger partial charge >= 0.3 is 11.8 Å². The molecular weight excluding hydrogens is 515 g/mol. The normalized spacial score (nSPS) is 11.5. The van der Waals surface area contributed by atoms with Crippen molar-refractivity contribution in [3.05, 3.63) is 64.5 Å². The minimum Gasteiger partial charge on any atom is -0.444 e. The second kappa shape index (κ2) is 10.2. The zero-order chi connectivity index (χ0) is 26.9. The molecule has 0 saturated heterocycles. The fraction of sp³-hybridized carbons (Fsp3) is 0.364. The number of nitrogens with one attached hydrogen (secondary N) is 3. The van der Waals surface area contributed by atoms with Crippen molar-refractivity contribution in [3.8, 4) is 17.3 Å². The minimum absolute atomic E-state index is 0.0127. The summed E-state index contributed by atoms with van der Waals surface area (Å²) in [6.07, 6.45) is -0.934. The zero-order valence-electron chi connectivity index (χ0n) is 20.3. The van der Waals surface area contributed by atoms with Gasteiger partial charge in [0.2, 0.25) is 11.7 Å². The smallest absolute Gasteiger partial charge is 0.413 e. The Labute approximate surface area is 214 Å². The molecule has 0 aliphatic rings. The van der Waals surface area contributed by atoms with Gasteiger partial charge in [0.1, 0.15) is 5.60 Å². The van der Waals surface area contributed by atoms with E-state index in [1.165, 1.54) is 12.1 Å². The predicted molar refractivity (Wildman–Crippen MR) is 134 cm³/mol. The van der Waals surface area contributed by atoms with Crippen molar-refractivity contribution in [1.82, 2.24) is 25.0 Å². The van der Waals surface area contributed by atoms with Gasteiger partial charge in [-0.1, -0.05) is 37.0 Å². The first kappa shape index (κ1) is 27.0. The summed E-state index contributed by atoms with van der Waals surface area (Å²) < 4.78 is 11.7. The maximum Gasteiger partial charge on any atom is 0.413 e. The number of halogens is 2. The fourth-order valence-corrected chi connectivity index (χ4v) is 3.55. The number of aromatic amines is 2. The van der Waals surface area contributed by atoms with E-state index in [2.05, 4.69) is 25.6 Å². The van der Waals surface area contributed by atoms with E-state index >= 15 is 0 Å². The van der Waals surface area contributed by atoms with Crippen LogP contribution in [-0.2, 0) is 4.74 Å². The quantitative estimate of drug-likeness (QED) is 0.440. The SMILES string of the molecule is Cc1c(-n2nc(NC(=O)OC(C)(C)C)c(=O)[nH]c2=O)cc(Cl)c(Oc2cc(C(C)C)c(=O)[nH]n2)c1Cl. The Morgan fingerprint density at radius 2 is 1.81 bits per heavy atom. The summed E-state index contributed by atoms with van der Waals surface area (Å²) in [5, 5.41) is 12.4. The number of carbonyl (C=O) groups is 1. The average molecular weight is 539 g/mol. The summed E-state index contributed by atoms with van der Waals surface area (Å²) in [5.41, 5.74) is -2.12. The van der Waals surface area contributed by atoms with Crippen molar-refractivity contribution < 1.29 is 14.3 Å². The van der Waals surface area contributed by atoms with Crippen LogP contribution in [-0.4, -0.2) is 36.7 Å². The van der Waals surface area contributed by atoms with Gasteiger partial charge in [0.15, 0.2) is 5.75 Å². The van der Waals surface area contributed by atoms with Crippen molar-refractivity contribution >= 4 is 35.1 Å². The van der Waals surface area contributed by atoms with Gasteiger partial charge < -0.3 is 9.47 Å². The number of ether oxygens (including phenoxy) is 2. The topological polar surface area (TPSA) is 161 Å². The van der Waals surface area contributed by atoms with Crippen LogP contribution in [0, 0.1) is 6.92 Å². The molecule has 2 heterocycles. The van der Waals surface area contributed by atoms with Crippen LogP contribution in [0.2, 0.25) is 10.0 Å². The molecule has 1 amide bonds. The lowest BCUT2D eigenvalue weighted by Gasteiger charge is -2.19. The summed E-state index contributed by atoms with van der Waals surface area (Å²) in [5.74, 6) is -0.485. The Kier molecular flexibility index (Phi) is 7.60. The third kappa shape index (κ3) is 5.94. The van der Waals surface area contributed by atoms with Gasteiger partial charge in [-0.3, -0.25) is 19.9 Å². The highest BCUT2D eigenvalue weighted by atomic mass is 35.5. The van der Waals surface area contributed by atoms with Gasteiger partial charge in [0.05, 0.1) is 15.7 Å². The average Bonchev–Trinajstić information content (AvgIpc) is 2.75. The Balaban J connectivity index is 2.03. The molecule has 2 aromatic heterocycles. The van der Waals surface area contributed by atoms with Crippen LogP contribution >= 0.6 is 23.2 Å². The summed E-state index contributed by atoms with van der Waals surface area (Å²) in [7, 11) is 0. The molecule has 3 aromatic rings. The van der Waals surface area contributed by atoms with Gasteiger partial charge in [0, 0.05) is 11.6 Å².